The summed E-state index contributed by atoms with van der Waals surface area (Å²) in [6.07, 6.45) is 0.390. The first-order chi connectivity index (χ1) is 14.8. The molecular weight excluding hydrogens is 416 g/mol. The third kappa shape index (κ3) is 5.62. The lowest BCUT2D eigenvalue weighted by molar-refractivity contribution is -0.130. The maximum absolute atomic E-state index is 12.7. The van der Waals surface area contributed by atoms with E-state index in [1.165, 1.54) is 4.31 Å². The molecular formula is C22H28N4O4S. The van der Waals surface area contributed by atoms with Gasteiger partial charge in [0, 0.05) is 44.0 Å². The number of carbonyl (C=O) groups is 2. The minimum atomic E-state index is -3.54. The van der Waals surface area contributed by atoms with Gasteiger partial charge in [-0.1, -0.05) is 31.2 Å². The largest absolute Gasteiger partial charge is 0.376 e. The van der Waals surface area contributed by atoms with Crippen LogP contribution in [-0.2, 0) is 19.6 Å². The van der Waals surface area contributed by atoms with Crippen molar-refractivity contribution < 1.29 is 18.0 Å². The second-order valence-corrected chi connectivity index (χ2v) is 9.32. The number of sulfonamides is 1. The van der Waals surface area contributed by atoms with Crippen molar-refractivity contribution in [3.63, 3.8) is 0 Å². The van der Waals surface area contributed by atoms with Crippen LogP contribution in [0.25, 0.3) is 0 Å². The summed E-state index contributed by atoms with van der Waals surface area (Å²) in [7, 11) is -3.54. The second kappa shape index (κ2) is 9.93. The van der Waals surface area contributed by atoms with Gasteiger partial charge in [-0.05, 0) is 36.8 Å². The zero-order chi connectivity index (χ0) is 22.4. The summed E-state index contributed by atoms with van der Waals surface area (Å²) in [5, 5.41) is 5.94. The second-order valence-electron chi connectivity index (χ2n) is 7.38. The predicted octanol–water partition coefficient (Wildman–Crippen LogP) is 2.29. The van der Waals surface area contributed by atoms with E-state index in [9.17, 15) is 18.0 Å². The fourth-order valence-electron chi connectivity index (χ4n) is 3.34. The van der Waals surface area contributed by atoms with Crippen LogP contribution in [0.3, 0.4) is 0 Å². The van der Waals surface area contributed by atoms with Crippen LogP contribution in [0, 0.1) is 6.92 Å². The van der Waals surface area contributed by atoms with Gasteiger partial charge in [-0.25, -0.2) is 8.42 Å². The highest BCUT2D eigenvalue weighted by Crippen LogP contribution is 2.21. The molecule has 2 aromatic carbocycles. The normalized spacial score (nSPS) is 14.8. The first-order valence-electron chi connectivity index (χ1n) is 10.3. The average molecular weight is 445 g/mol. The topological polar surface area (TPSA) is 98.8 Å². The Morgan fingerprint density at radius 2 is 1.68 bits per heavy atom. The smallest absolute Gasteiger partial charge is 0.243 e. The molecule has 2 N–H and O–H groups in total. The van der Waals surface area contributed by atoms with Gasteiger partial charge in [0.2, 0.25) is 21.8 Å². The van der Waals surface area contributed by atoms with E-state index < -0.39 is 10.0 Å². The number of aryl methyl sites for hydroxylation is 1. The summed E-state index contributed by atoms with van der Waals surface area (Å²) in [6.45, 7) is 5.02. The molecule has 1 heterocycles. The first kappa shape index (κ1) is 22.8. The third-order valence-electron chi connectivity index (χ3n) is 5.24. The maximum atomic E-state index is 12.7. The Labute approximate surface area is 183 Å². The van der Waals surface area contributed by atoms with E-state index in [0.717, 1.165) is 11.3 Å². The number of nitrogens with zero attached hydrogens (tertiary/aromatic N) is 2. The standard InChI is InChI=1S/C22H28N4O4S/c1-3-21(27)24-18-10-9-17(2)20(15-18)23-16-22(28)25-11-13-26(14-12-25)31(29,30)19-7-5-4-6-8-19/h4-10,15,23H,3,11-14,16H2,1-2H3,(H,24,27). The molecule has 0 atom stereocenters. The Bertz CT molecular complexity index is 1030. The molecule has 0 radical (unpaired) electrons. The highest BCUT2D eigenvalue weighted by Gasteiger charge is 2.29. The van der Waals surface area contributed by atoms with Gasteiger partial charge in [-0.3, -0.25) is 9.59 Å². The van der Waals surface area contributed by atoms with Gasteiger partial charge in [0.05, 0.1) is 11.4 Å². The van der Waals surface area contributed by atoms with Crippen LogP contribution in [0.2, 0.25) is 0 Å². The summed E-state index contributed by atoms with van der Waals surface area (Å²) in [5.74, 6) is -0.173. The van der Waals surface area contributed by atoms with Crippen LogP contribution in [0.1, 0.15) is 18.9 Å². The van der Waals surface area contributed by atoms with E-state index in [0.29, 0.717) is 25.2 Å². The molecule has 2 aromatic rings. The summed E-state index contributed by atoms with van der Waals surface area (Å²) < 4.78 is 26.9. The number of piperazine rings is 1. The number of benzene rings is 2. The average Bonchev–Trinajstić information content (AvgIpc) is 2.79. The number of hydrogen-bond acceptors (Lipinski definition) is 5. The van der Waals surface area contributed by atoms with Crippen LogP contribution >= 0.6 is 0 Å². The molecule has 1 aliphatic heterocycles. The van der Waals surface area contributed by atoms with E-state index in [2.05, 4.69) is 10.6 Å². The minimum absolute atomic E-state index is 0.0748. The van der Waals surface area contributed by atoms with E-state index in [-0.39, 0.29) is 36.3 Å². The van der Waals surface area contributed by atoms with Gasteiger partial charge in [-0.15, -0.1) is 0 Å². The maximum Gasteiger partial charge on any atom is 0.243 e. The minimum Gasteiger partial charge on any atom is -0.376 e. The quantitative estimate of drug-likeness (QED) is 0.683. The molecule has 1 aliphatic rings. The van der Waals surface area contributed by atoms with Crippen molar-refractivity contribution in [3.05, 3.63) is 54.1 Å². The van der Waals surface area contributed by atoms with Crippen molar-refractivity contribution >= 4 is 33.2 Å². The van der Waals surface area contributed by atoms with E-state index >= 15 is 0 Å². The molecule has 1 saturated heterocycles. The van der Waals surface area contributed by atoms with Crippen molar-refractivity contribution in [1.29, 1.82) is 0 Å². The van der Waals surface area contributed by atoms with Crippen LogP contribution in [0.5, 0.6) is 0 Å². The fraction of sp³-hybridized carbons (Fsp3) is 0.364. The molecule has 0 bridgehead atoms. The molecule has 8 nitrogen and oxygen atoms in total. The zero-order valence-corrected chi connectivity index (χ0v) is 18.6. The highest BCUT2D eigenvalue weighted by molar-refractivity contribution is 7.89. The molecule has 0 aliphatic carbocycles. The molecule has 0 spiro atoms. The molecule has 0 saturated carbocycles. The van der Waals surface area contributed by atoms with Gasteiger partial charge >= 0.3 is 0 Å². The molecule has 2 amide bonds. The number of nitrogens with one attached hydrogen (secondary N) is 2. The van der Waals surface area contributed by atoms with Gasteiger partial charge in [0.15, 0.2) is 0 Å². The van der Waals surface area contributed by atoms with Gasteiger partial charge < -0.3 is 15.5 Å². The van der Waals surface area contributed by atoms with Gasteiger partial charge in [-0.2, -0.15) is 4.31 Å². The molecule has 166 valence electrons. The highest BCUT2D eigenvalue weighted by atomic mass is 32.2. The zero-order valence-electron chi connectivity index (χ0n) is 17.8. The Balaban J connectivity index is 1.55. The van der Waals surface area contributed by atoms with Crippen molar-refractivity contribution in [3.8, 4) is 0 Å². The number of amides is 2. The van der Waals surface area contributed by atoms with E-state index in [4.69, 9.17) is 0 Å². The number of anilines is 2. The third-order valence-corrected chi connectivity index (χ3v) is 7.16. The van der Waals surface area contributed by atoms with Crippen LogP contribution in [0.15, 0.2) is 53.4 Å². The Morgan fingerprint density at radius 1 is 1.00 bits per heavy atom. The summed E-state index contributed by atoms with van der Waals surface area (Å²) >= 11 is 0. The summed E-state index contributed by atoms with van der Waals surface area (Å²) in [4.78, 5) is 26.2. The summed E-state index contributed by atoms with van der Waals surface area (Å²) in [6, 6.07) is 13.8. The monoisotopic (exact) mass is 444 g/mol. The van der Waals surface area contributed by atoms with Crippen LogP contribution < -0.4 is 10.6 Å². The summed E-state index contributed by atoms with van der Waals surface area (Å²) in [5.41, 5.74) is 2.40. The lowest BCUT2D eigenvalue weighted by atomic mass is 10.1. The molecule has 3 rings (SSSR count). The van der Waals surface area contributed by atoms with Crippen molar-refractivity contribution in [2.75, 3.05) is 43.4 Å². The van der Waals surface area contributed by atoms with Gasteiger partial charge in [0.25, 0.3) is 0 Å². The Morgan fingerprint density at radius 3 is 2.32 bits per heavy atom. The Hall–Kier alpha value is -2.91. The molecule has 31 heavy (non-hydrogen) atoms. The van der Waals surface area contributed by atoms with Crippen molar-refractivity contribution in [2.24, 2.45) is 0 Å². The lowest BCUT2D eigenvalue weighted by Crippen LogP contribution is -2.51. The van der Waals surface area contributed by atoms with E-state index in [1.807, 2.05) is 19.1 Å². The van der Waals surface area contributed by atoms with Crippen molar-refractivity contribution in [2.45, 2.75) is 25.2 Å². The molecule has 0 unspecified atom stereocenters. The van der Waals surface area contributed by atoms with Gasteiger partial charge in [0.1, 0.15) is 0 Å². The molecule has 0 aromatic heterocycles. The van der Waals surface area contributed by atoms with Crippen LogP contribution in [0.4, 0.5) is 11.4 Å². The molecule has 1 fully saturated rings. The van der Waals surface area contributed by atoms with Crippen LogP contribution in [-0.4, -0.2) is 62.2 Å². The van der Waals surface area contributed by atoms with Crippen molar-refractivity contribution in [1.82, 2.24) is 9.21 Å². The fourth-order valence-corrected chi connectivity index (χ4v) is 4.78. The number of hydrogen-bond donors (Lipinski definition) is 2. The van der Waals surface area contributed by atoms with E-state index in [1.54, 1.807) is 48.2 Å². The Kier molecular flexibility index (Phi) is 7.29. The predicted molar refractivity (Wildman–Crippen MR) is 120 cm³/mol. The first-order valence-corrected chi connectivity index (χ1v) is 11.7. The SMILES string of the molecule is CCC(=O)Nc1ccc(C)c(NCC(=O)N2CCN(S(=O)(=O)c3ccccc3)CC2)c1. The number of carbonyl (C=O) groups excluding carboxylic acids is 2. The number of rotatable bonds is 7. The lowest BCUT2D eigenvalue weighted by Gasteiger charge is -2.34. The molecule has 9 heteroatoms.